The minimum absolute atomic E-state index is 0.134. The molecule has 3 rings (SSSR count). The van der Waals surface area contributed by atoms with Crippen molar-refractivity contribution in [2.24, 2.45) is 0 Å². The molecule has 0 fully saturated rings. The fraction of sp³-hybridized carbons (Fsp3) is 0.417. The summed E-state index contributed by atoms with van der Waals surface area (Å²) in [7, 11) is -3.76. The zero-order chi connectivity index (χ0) is 26.9. The van der Waals surface area contributed by atoms with Crippen molar-refractivity contribution in [3.8, 4) is 5.75 Å². The molecule has 36 heavy (non-hydrogen) atoms. The molecule has 2 atom stereocenters. The lowest BCUT2D eigenvalue weighted by molar-refractivity contribution is -0.159. The van der Waals surface area contributed by atoms with E-state index in [4.69, 9.17) is 4.74 Å². The smallest absolute Gasteiger partial charge is 0.414 e. The van der Waals surface area contributed by atoms with Crippen LogP contribution < -0.4 is 14.9 Å². The van der Waals surface area contributed by atoms with Crippen LogP contribution in [0.2, 0.25) is 0 Å². The Balaban J connectivity index is 1.76. The van der Waals surface area contributed by atoms with Crippen molar-refractivity contribution in [2.75, 3.05) is 29.0 Å². The number of phenols is 1. The predicted octanol–water partition coefficient (Wildman–Crippen LogP) is 2.51. The van der Waals surface area contributed by atoms with E-state index in [-0.39, 0.29) is 23.9 Å². The van der Waals surface area contributed by atoms with Gasteiger partial charge in [-0.2, -0.15) is 0 Å². The van der Waals surface area contributed by atoms with Gasteiger partial charge in [-0.05, 0) is 51.0 Å². The first kappa shape index (κ1) is 27.2. The van der Waals surface area contributed by atoms with Gasteiger partial charge < -0.3 is 25.4 Å². The van der Waals surface area contributed by atoms with Crippen molar-refractivity contribution in [1.29, 1.82) is 0 Å². The second-order valence-electron chi connectivity index (χ2n) is 9.50. The van der Waals surface area contributed by atoms with Gasteiger partial charge >= 0.3 is 12.1 Å². The number of nitrogens with one attached hydrogen (secondary N) is 2. The maximum atomic E-state index is 12.5. The lowest BCUT2D eigenvalue weighted by Gasteiger charge is -2.36. The summed E-state index contributed by atoms with van der Waals surface area (Å²) in [5, 5.41) is 33.9. The third-order valence-electron chi connectivity index (χ3n) is 6.07. The van der Waals surface area contributed by atoms with Crippen LogP contribution in [0.5, 0.6) is 5.75 Å². The van der Waals surface area contributed by atoms with Crippen LogP contribution in [-0.4, -0.2) is 60.7 Å². The summed E-state index contributed by atoms with van der Waals surface area (Å²) < 4.78 is 30.7. The number of aromatic hydroxyl groups is 1. The number of hydrogen-bond donors (Lipinski definition) is 5. The predicted molar refractivity (Wildman–Crippen MR) is 133 cm³/mol. The number of para-hydroxylation sites is 1. The molecule has 12 heteroatoms. The maximum absolute atomic E-state index is 12.5. The van der Waals surface area contributed by atoms with E-state index < -0.39 is 45.5 Å². The number of hydrogen-bond acceptors (Lipinski definition) is 8. The molecule has 5 N–H and O–H groups in total. The van der Waals surface area contributed by atoms with Gasteiger partial charge in [-0.1, -0.05) is 24.3 Å². The van der Waals surface area contributed by atoms with E-state index in [1.165, 1.54) is 11.0 Å². The van der Waals surface area contributed by atoms with Gasteiger partial charge in [0.25, 0.3) is 0 Å². The molecule has 1 heterocycles. The Morgan fingerprint density at radius 1 is 1.19 bits per heavy atom. The van der Waals surface area contributed by atoms with E-state index >= 15 is 0 Å². The highest BCUT2D eigenvalue weighted by Crippen LogP contribution is 2.35. The molecule has 0 saturated heterocycles. The first-order valence-corrected chi connectivity index (χ1v) is 13.1. The van der Waals surface area contributed by atoms with Gasteiger partial charge in [-0.25, -0.2) is 18.0 Å². The summed E-state index contributed by atoms with van der Waals surface area (Å²) in [4.78, 5) is 26.1. The molecule has 2 aromatic carbocycles. The van der Waals surface area contributed by atoms with Crippen molar-refractivity contribution in [1.82, 2.24) is 5.32 Å². The van der Waals surface area contributed by atoms with Crippen LogP contribution >= 0.6 is 0 Å². The summed E-state index contributed by atoms with van der Waals surface area (Å²) in [5.41, 5.74) is -1.93. The topological polar surface area (TPSA) is 166 Å². The van der Waals surface area contributed by atoms with E-state index in [0.29, 0.717) is 6.42 Å². The normalized spacial score (nSPS) is 17.6. The van der Waals surface area contributed by atoms with E-state index in [1.54, 1.807) is 20.8 Å². The number of sulfonamides is 1. The highest BCUT2D eigenvalue weighted by molar-refractivity contribution is 7.92. The summed E-state index contributed by atoms with van der Waals surface area (Å²) in [6.45, 7) is 5.23. The Labute approximate surface area is 209 Å². The number of ether oxygens (including phenoxy) is 1. The van der Waals surface area contributed by atoms with Crippen LogP contribution in [-0.2, 0) is 25.2 Å². The summed E-state index contributed by atoms with van der Waals surface area (Å²) in [5.74, 6) is -1.99. The van der Waals surface area contributed by atoms with E-state index in [0.717, 1.165) is 29.6 Å². The van der Waals surface area contributed by atoms with Crippen molar-refractivity contribution in [3.05, 3.63) is 53.6 Å². The molecular weight excluding hydrogens is 490 g/mol. The highest BCUT2D eigenvalue weighted by atomic mass is 32.2. The Hall–Kier alpha value is -3.35. The fourth-order valence-corrected chi connectivity index (χ4v) is 4.45. The highest BCUT2D eigenvalue weighted by Gasteiger charge is 2.40. The van der Waals surface area contributed by atoms with Gasteiger partial charge in [-0.3, -0.25) is 9.62 Å². The number of anilines is 2. The molecule has 0 aromatic heterocycles. The average Bonchev–Trinajstić information content (AvgIpc) is 2.78. The number of cyclic esters (lactones) is 1. The zero-order valence-corrected chi connectivity index (χ0v) is 21.3. The number of carbonyl (C=O) groups is 2. The molecule has 0 bridgehead atoms. The number of carboxylic acids is 1. The monoisotopic (exact) mass is 521 g/mol. The lowest BCUT2D eigenvalue weighted by atomic mass is 9.91. The number of phenolic OH excluding ortho intramolecular Hbond substituents is 1. The summed E-state index contributed by atoms with van der Waals surface area (Å²) >= 11 is 0. The molecule has 1 amide bonds. The van der Waals surface area contributed by atoms with Gasteiger partial charge in [0.15, 0.2) is 5.60 Å². The molecule has 196 valence electrons. The number of amides is 1. The molecule has 2 aromatic rings. The molecule has 11 nitrogen and oxygen atoms in total. The van der Waals surface area contributed by atoms with Crippen molar-refractivity contribution >= 4 is 33.5 Å². The number of carbonyl (C=O) groups excluding carboxylic acids is 1. The molecule has 2 unspecified atom stereocenters. The summed E-state index contributed by atoms with van der Waals surface area (Å²) in [6.07, 6.45) is 0.420. The van der Waals surface area contributed by atoms with Crippen molar-refractivity contribution in [3.63, 3.8) is 0 Å². The quantitative estimate of drug-likeness (QED) is 0.295. The van der Waals surface area contributed by atoms with Crippen LogP contribution in [0.3, 0.4) is 0 Å². The first-order chi connectivity index (χ1) is 16.6. The number of fused-ring (bicyclic) bond motifs is 1. The van der Waals surface area contributed by atoms with Gasteiger partial charge in [0.2, 0.25) is 10.0 Å². The Kier molecular flexibility index (Phi) is 7.53. The maximum Gasteiger partial charge on any atom is 0.414 e. The number of nitrogens with zero attached hydrogens (tertiary/aromatic N) is 1. The van der Waals surface area contributed by atoms with Crippen LogP contribution in [0.4, 0.5) is 16.2 Å². The van der Waals surface area contributed by atoms with Gasteiger partial charge in [0, 0.05) is 24.2 Å². The standard InChI is InChI=1S/C24H31N3O8S/c1-15-17-7-5-6-8-19(17)27(22(31)35-15)12-11-23(2,3)25-14-24(32,21(29)30)16-9-10-20(28)18(13-16)26-36(4,33)34/h5-10,13,15,25-26,28,32H,11-12,14H2,1-4H3,(H,29,30). The van der Waals surface area contributed by atoms with Gasteiger partial charge in [-0.15, -0.1) is 0 Å². The number of aliphatic hydroxyl groups is 1. The second kappa shape index (κ2) is 9.96. The number of β-amino-alcohol motifs (C(OH)–C–C–N with tert-alkyl or cyclic N) is 1. The fourth-order valence-electron chi connectivity index (χ4n) is 3.89. The van der Waals surface area contributed by atoms with E-state index in [9.17, 15) is 33.3 Å². The van der Waals surface area contributed by atoms with Crippen LogP contribution in [0.1, 0.15) is 44.4 Å². The third-order valence-corrected chi connectivity index (χ3v) is 6.66. The van der Waals surface area contributed by atoms with E-state index in [2.05, 4.69) is 10.0 Å². The van der Waals surface area contributed by atoms with Crippen LogP contribution in [0.15, 0.2) is 42.5 Å². The minimum Gasteiger partial charge on any atom is -0.506 e. The van der Waals surface area contributed by atoms with Crippen LogP contribution in [0.25, 0.3) is 0 Å². The van der Waals surface area contributed by atoms with Crippen LogP contribution in [0, 0.1) is 0 Å². The molecular formula is C24H31N3O8S. The van der Waals surface area contributed by atoms with E-state index in [1.807, 2.05) is 24.3 Å². The molecule has 0 saturated carbocycles. The largest absolute Gasteiger partial charge is 0.506 e. The molecule has 0 aliphatic carbocycles. The van der Waals surface area contributed by atoms with Crippen molar-refractivity contribution in [2.45, 2.75) is 44.4 Å². The van der Waals surface area contributed by atoms with Crippen molar-refractivity contribution < 1.29 is 38.1 Å². The second-order valence-corrected chi connectivity index (χ2v) is 11.2. The average molecular weight is 522 g/mol. The number of rotatable bonds is 10. The minimum atomic E-state index is -3.76. The molecule has 1 aliphatic rings. The number of benzene rings is 2. The SMILES string of the molecule is CC1OC(=O)N(CCC(C)(C)NCC(O)(C(=O)O)c2ccc(O)c(NS(C)(=O)=O)c2)c2ccccc21. The lowest BCUT2D eigenvalue weighted by Crippen LogP contribution is -2.52. The number of carboxylic acid groups (broad SMARTS) is 1. The molecule has 0 radical (unpaired) electrons. The first-order valence-electron chi connectivity index (χ1n) is 11.2. The molecule has 0 spiro atoms. The Bertz CT molecular complexity index is 1260. The van der Waals surface area contributed by atoms with Gasteiger partial charge in [0.1, 0.15) is 11.9 Å². The Morgan fingerprint density at radius 2 is 1.86 bits per heavy atom. The zero-order valence-electron chi connectivity index (χ0n) is 20.5. The summed E-state index contributed by atoms with van der Waals surface area (Å²) in [6, 6.07) is 10.8. The molecule has 1 aliphatic heterocycles. The van der Waals surface area contributed by atoms with Gasteiger partial charge in [0.05, 0.1) is 17.6 Å². The number of aliphatic carboxylic acids is 1. The third kappa shape index (κ3) is 6.07. The Morgan fingerprint density at radius 3 is 2.50 bits per heavy atom.